The van der Waals surface area contributed by atoms with Crippen molar-refractivity contribution in [3.63, 3.8) is 0 Å². The molecule has 0 saturated heterocycles. The van der Waals surface area contributed by atoms with E-state index in [0.717, 1.165) is 28.5 Å². The van der Waals surface area contributed by atoms with Gasteiger partial charge < -0.3 is 5.11 Å². The summed E-state index contributed by atoms with van der Waals surface area (Å²) >= 11 is 7.10. The Labute approximate surface area is 166 Å². The summed E-state index contributed by atoms with van der Waals surface area (Å²) in [5, 5.41) is 26.7. The number of aromatic nitrogens is 5. The molecule has 4 aromatic rings. The minimum Gasteiger partial charge on any atom is -0.376 e. The molecule has 6 nitrogen and oxygen atoms in total. The zero-order valence-corrected chi connectivity index (χ0v) is 15.7. The second kappa shape index (κ2) is 7.34. The Morgan fingerprint density at radius 1 is 1.11 bits per heavy atom. The van der Waals surface area contributed by atoms with Gasteiger partial charge in [0.1, 0.15) is 16.6 Å². The van der Waals surface area contributed by atoms with Crippen LogP contribution >= 0.6 is 22.9 Å². The fourth-order valence-corrected chi connectivity index (χ4v) is 4.03. The predicted molar refractivity (Wildman–Crippen MR) is 101 cm³/mol. The van der Waals surface area contributed by atoms with Crippen molar-refractivity contribution in [1.82, 2.24) is 25.6 Å². The van der Waals surface area contributed by atoms with Crippen molar-refractivity contribution in [2.75, 3.05) is 5.88 Å². The minimum atomic E-state index is -1.87. The van der Waals surface area contributed by atoms with Crippen molar-refractivity contribution >= 4 is 22.9 Å². The highest BCUT2D eigenvalue weighted by Gasteiger charge is 2.36. The van der Waals surface area contributed by atoms with Crippen LogP contribution in [-0.2, 0) is 5.60 Å². The van der Waals surface area contributed by atoms with E-state index in [1.165, 1.54) is 6.07 Å². The van der Waals surface area contributed by atoms with E-state index < -0.39 is 17.2 Å². The standard InChI is InChI=1S/C18H12ClF2N5OS/c19-9-18(27,13-6-5-12(20)7-14(13)21)17-22-15(8-28-17)10-1-3-11(4-2-10)16-23-25-26-24-16/h1-8,27H,9H2,(H,23,24,25,26). The average molecular weight is 420 g/mol. The highest BCUT2D eigenvalue weighted by molar-refractivity contribution is 7.10. The number of nitrogens with one attached hydrogen (secondary N) is 1. The van der Waals surface area contributed by atoms with Crippen LogP contribution in [0.3, 0.4) is 0 Å². The van der Waals surface area contributed by atoms with Gasteiger partial charge in [0.2, 0.25) is 5.82 Å². The lowest BCUT2D eigenvalue weighted by Crippen LogP contribution is -2.30. The number of tetrazole rings is 1. The number of hydrogen-bond donors (Lipinski definition) is 2. The van der Waals surface area contributed by atoms with Crippen molar-refractivity contribution < 1.29 is 13.9 Å². The molecule has 0 bridgehead atoms. The van der Waals surface area contributed by atoms with Crippen LogP contribution in [0.2, 0.25) is 0 Å². The average Bonchev–Trinajstić information content (AvgIpc) is 3.40. The van der Waals surface area contributed by atoms with E-state index in [1.54, 1.807) is 5.38 Å². The third-order valence-electron chi connectivity index (χ3n) is 4.21. The molecular weight excluding hydrogens is 408 g/mol. The Kier molecular flexibility index (Phi) is 4.88. The largest absolute Gasteiger partial charge is 0.376 e. The molecule has 0 aliphatic carbocycles. The Hall–Kier alpha value is -2.75. The molecule has 0 aliphatic rings. The van der Waals surface area contributed by atoms with Crippen molar-refractivity contribution in [3.8, 4) is 22.6 Å². The molecule has 0 amide bonds. The third kappa shape index (κ3) is 3.28. The van der Waals surface area contributed by atoms with Gasteiger partial charge >= 0.3 is 0 Å². The fourth-order valence-electron chi connectivity index (χ4n) is 2.74. The molecule has 28 heavy (non-hydrogen) atoms. The first-order valence-electron chi connectivity index (χ1n) is 8.05. The van der Waals surface area contributed by atoms with Crippen LogP contribution in [0.15, 0.2) is 47.8 Å². The van der Waals surface area contributed by atoms with E-state index in [0.29, 0.717) is 17.6 Å². The zero-order chi connectivity index (χ0) is 19.7. The number of rotatable bonds is 5. The fraction of sp³-hybridized carbons (Fsp3) is 0.111. The van der Waals surface area contributed by atoms with Gasteiger partial charge in [0.05, 0.1) is 11.6 Å². The number of aliphatic hydroxyl groups is 1. The normalized spacial score (nSPS) is 13.4. The van der Waals surface area contributed by atoms with Crippen LogP contribution in [0.25, 0.3) is 22.6 Å². The molecule has 1 unspecified atom stereocenters. The molecule has 142 valence electrons. The van der Waals surface area contributed by atoms with Gasteiger partial charge in [-0.15, -0.1) is 33.1 Å². The lowest BCUT2D eigenvalue weighted by Gasteiger charge is -2.24. The van der Waals surface area contributed by atoms with Crippen molar-refractivity contribution in [2.45, 2.75) is 5.60 Å². The maximum absolute atomic E-state index is 14.2. The van der Waals surface area contributed by atoms with Crippen molar-refractivity contribution in [1.29, 1.82) is 0 Å². The lowest BCUT2D eigenvalue weighted by molar-refractivity contribution is 0.101. The van der Waals surface area contributed by atoms with Crippen LogP contribution < -0.4 is 0 Å². The van der Waals surface area contributed by atoms with Gasteiger partial charge in [-0.3, -0.25) is 0 Å². The smallest absolute Gasteiger partial charge is 0.204 e. The topological polar surface area (TPSA) is 87.6 Å². The first-order chi connectivity index (χ1) is 13.5. The number of halogens is 3. The second-order valence-electron chi connectivity index (χ2n) is 5.97. The number of hydrogen-bond acceptors (Lipinski definition) is 6. The van der Waals surface area contributed by atoms with Gasteiger partial charge in [0.25, 0.3) is 0 Å². The molecule has 2 heterocycles. The summed E-state index contributed by atoms with van der Waals surface area (Å²) in [6, 6.07) is 10.2. The quantitative estimate of drug-likeness (QED) is 0.481. The molecule has 1 atom stereocenters. The summed E-state index contributed by atoms with van der Waals surface area (Å²) in [5.41, 5.74) is 0.153. The molecule has 2 aromatic carbocycles. The lowest BCUT2D eigenvalue weighted by atomic mass is 9.96. The van der Waals surface area contributed by atoms with E-state index >= 15 is 0 Å². The predicted octanol–water partition coefficient (Wildman–Crippen LogP) is 3.74. The number of benzene rings is 2. The summed E-state index contributed by atoms with van der Waals surface area (Å²) in [5.74, 6) is -1.49. The third-order valence-corrected chi connectivity index (χ3v) is 5.59. The molecule has 10 heteroatoms. The number of aromatic amines is 1. The Balaban J connectivity index is 1.67. The van der Waals surface area contributed by atoms with Crippen LogP contribution in [0.4, 0.5) is 8.78 Å². The van der Waals surface area contributed by atoms with Gasteiger partial charge in [-0.1, -0.05) is 24.3 Å². The maximum atomic E-state index is 14.2. The molecule has 0 saturated carbocycles. The van der Waals surface area contributed by atoms with Crippen LogP contribution in [0, 0.1) is 11.6 Å². The summed E-state index contributed by atoms with van der Waals surface area (Å²) in [7, 11) is 0. The molecule has 0 radical (unpaired) electrons. The summed E-state index contributed by atoms with van der Waals surface area (Å²) in [6.07, 6.45) is 0. The molecule has 4 rings (SSSR count). The van der Waals surface area contributed by atoms with Crippen molar-refractivity contribution in [3.05, 3.63) is 70.1 Å². The van der Waals surface area contributed by atoms with E-state index in [9.17, 15) is 13.9 Å². The first-order valence-corrected chi connectivity index (χ1v) is 9.47. The van der Waals surface area contributed by atoms with E-state index in [1.807, 2.05) is 24.3 Å². The molecule has 2 N–H and O–H groups in total. The highest BCUT2D eigenvalue weighted by atomic mass is 35.5. The molecule has 0 aliphatic heterocycles. The van der Waals surface area contributed by atoms with E-state index in [2.05, 4.69) is 25.6 Å². The summed E-state index contributed by atoms with van der Waals surface area (Å²) < 4.78 is 27.4. The maximum Gasteiger partial charge on any atom is 0.204 e. The Morgan fingerprint density at radius 2 is 1.86 bits per heavy atom. The first kappa shape index (κ1) is 18.6. The molecule has 2 aromatic heterocycles. The number of nitrogens with zero attached hydrogens (tertiary/aromatic N) is 4. The minimum absolute atomic E-state index is 0.128. The number of thiazole rings is 1. The second-order valence-corrected chi connectivity index (χ2v) is 7.09. The van der Waals surface area contributed by atoms with Gasteiger partial charge in [0, 0.05) is 28.1 Å². The molecular formula is C18H12ClF2N5OS. The SMILES string of the molecule is OC(CCl)(c1nc(-c2ccc(-c3nn[nH]n3)cc2)cs1)c1ccc(F)cc1F. The van der Waals surface area contributed by atoms with E-state index in [-0.39, 0.29) is 16.5 Å². The van der Waals surface area contributed by atoms with Crippen molar-refractivity contribution in [2.24, 2.45) is 0 Å². The van der Waals surface area contributed by atoms with Crippen LogP contribution in [-0.4, -0.2) is 36.6 Å². The Bertz CT molecular complexity index is 1100. The number of H-pyrrole nitrogens is 1. The molecule has 0 spiro atoms. The summed E-state index contributed by atoms with van der Waals surface area (Å²) in [4.78, 5) is 4.43. The van der Waals surface area contributed by atoms with Gasteiger partial charge in [-0.25, -0.2) is 13.8 Å². The van der Waals surface area contributed by atoms with Crippen LogP contribution in [0.5, 0.6) is 0 Å². The van der Waals surface area contributed by atoms with Gasteiger partial charge in [-0.05, 0) is 17.3 Å². The molecule has 0 fully saturated rings. The summed E-state index contributed by atoms with van der Waals surface area (Å²) in [6.45, 7) is 0. The van der Waals surface area contributed by atoms with Gasteiger partial charge in [0.15, 0.2) is 5.60 Å². The monoisotopic (exact) mass is 419 g/mol. The number of alkyl halides is 1. The highest BCUT2D eigenvalue weighted by Crippen LogP contribution is 2.36. The Morgan fingerprint density at radius 3 is 2.50 bits per heavy atom. The zero-order valence-electron chi connectivity index (χ0n) is 14.1. The van der Waals surface area contributed by atoms with Crippen LogP contribution in [0.1, 0.15) is 10.6 Å². The van der Waals surface area contributed by atoms with Gasteiger partial charge in [-0.2, -0.15) is 5.21 Å². The van der Waals surface area contributed by atoms with E-state index in [4.69, 9.17) is 11.6 Å².